The Morgan fingerprint density at radius 2 is 2.06 bits per heavy atom. The van der Waals surface area contributed by atoms with Crippen LogP contribution in [0.2, 0.25) is 0 Å². The summed E-state index contributed by atoms with van der Waals surface area (Å²) in [6.07, 6.45) is 1.93. The van der Waals surface area contributed by atoms with E-state index in [0.717, 1.165) is 25.3 Å². The standard InChI is InChI=1S/C13H23N3/c1-5-16-13(3,4)10-14-8-12-7-6-11(2)15-9-12/h6-7,9,14,16H,5,8,10H2,1-4H3. The van der Waals surface area contributed by atoms with Crippen LogP contribution in [-0.4, -0.2) is 23.6 Å². The summed E-state index contributed by atoms with van der Waals surface area (Å²) in [6, 6.07) is 4.17. The predicted octanol–water partition coefficient (Wildman–Crippen LogP) is 1.87. The predicted molar refractivity (Wildman–Crippen MR) is 68.4 cm³/mol. The van der Waals surface area contributed by atoms with Crippen LogP contribution in [0.4, 0.5) is 0 Å². The number of nitrogens with one attached hydrogen (secondary N) is 2. The molecule has 0 aliphatic carbocycles. The van der Waals surface area contributed by atoms with Gasteiger partial charge in [0.1, 0.15) is 0 Å². The van der Waals surface area contributed by atoms with Crippen molar-refractivity contribution in [1.82, 2.24) is 15.6 Å². The molecule has 2 N–H and O–H groups in total. The lowest BCUT2D eigenvalue weighted by Gasteiger charge is -2.26. The normalized spacial score (nSPS) is 11.8. The summed E-state index contributed by atoms with van der Waals surface area (Å²) < 4.78 is 0. The highest BCUT2D eigenvalue weighted by molar-refractivity contribution is 5.12. The zero-order chi connectivity index (χ0) is 12.0. The molecule has 0 spiro atoms. The van der Waals surface area contributed by atoms with Crippen LogP contribution in [0.15, 0.2) is 18.3 Å². The smallest absolute Gasteiger partial charge is 0.0372 e. The minimum atomic E-state index is 0.146. The molecule has 0 bridgehead atoms. The number of pyridine rings is 1. The zero-order valence-corrected chi connectivity index (χ0v) is 10.8. The molecule has 1 rings (SSSR count). The van der Waals surface area contributed by atoms with Gasteiger partial charge in [0.15, 0.2) is 0 Å². The van der Waals surface area contributed by atoms with Gasteiger partial charge in [-0.25, -0.2) is 0 Å². The maximum absolute atomic E-state index is 4.27. The quantitative estimate of drug-likeness (QED) is 0.770. The summed E-state index contributed by atoms with van der Waals surface area (Å²) in [5.41, 5.74) is 2.45. The molecule has 0 amide bonds. The maximum atomic E-state index is 4.27. The molecule has 0 radical (unpaired) electrons. The van der Waals surface area contributed by atoms with Crippen molar-refractivity contribution in [3.8, 4) is 0 Å². The van der Waals surface area contributed by atoms with Gasteiger partial charge in [0.25, 0.3) is 0 Å². The van der Waals surface area contributed by atoms with E-state index in [1.54, 1.807) is 0 Å². The van der Waals surface area contributed by atoms with Crippen molar-refractivity contribution >= 4 is 0 Å². The third-order valence-corrected chi connectivity index (χ3v) is 2.52. The van der Waals surface area contributed by atoms with Crippen molar-refractivity contribution in [2.24, 2.45) is 0 Å². The second-order valence-electron chi connectivity index (χ2n) is 4.83. The molecule has 3 heteroatoms. The van der Waals surface area contributed by atoms with Gasteiger partial charge in [-0.15, -0.1) is 0 Å². The summed E-state index contributed by atoms with van der Waals surface area (Å²) in [4.78, 5) is 4.27. The number of hydrogen-bond acceptors (Lipinski definition) is 3. The van der Waals surface area contributed by atoms with Gasteiger partial charge in [-0.1, -0.05) is 13.0 Å². The van der Waals surface area contributed by atoms with Crippen LogP contribution < -0.4 is 10.6 Å². The van der Waals surface area contributed by atoms with Crippen molar-refractivity contribution in [2.75, 3.05) is 13.1 Å². The second-order valence-corrected chi connectivity index (χ2v) is 4.83. The van der Waals surface area contributed by atoms with Crippen LogP contribution in [-0.2, 0) is 6.54 Å². The molecule has 1 aromatic heterocycles. The van der Waals surface area contributed by atoms with Gasteiger partial charge >= 0.3 is 0 Å². The summed E-state index contributed by atoms with van der Waals surface area (Å²) in [7, 11) is 0. The molecular formula is C13H23N3. The van der Waals surface area contributed by atoms with E-state index in [1.165, 1.54) is 5.56 Å². The van der Waals surface area contributed by atoms with Crippen LogP contribution in [0.3, 0.4) is 0 Å². The van der Waals surface area contributed by atoms with Gasteiger partial charge in [-0.2, -0.15) is 0 Å². The van der Waals surface area contributed by atoms with Crippen molar-refractivity contribution in [3.63, 3.8) is 0 Å². The van der Waals surface area contributed by atoms with E-state index in [0.29, 0.717) is 0 Å². The fraction of sp³-hybridized carbons (Fsp3) is 0.615. The highest BCUT2D eigenvalue weighted by Crippen LogP contribution is 2.02. The lowest BCUT2D eigenvalue weighted by atomic mass is 10.1. The number of rotatable bonds is 6. The van der Waals surface area contributed by atoms with E-state index in [2.05, 4.69) is 42.5 Å². The van der Waals surface area contributed by atoms with Crippen LogP contribution >= 0.6 is 0 Å². The third kappa shape index (κ3) is 4.73. The van der Waals surface area contributed by atoms with Crippen LogP contribution in [0.1, 0.15) is 32.0 Å². The lowest BCUT2D eigenvalue weighted by Crippen LogP contribution is -2.47. The number of aromatic nitrogens is 1. The Morgan fingerprint density at radius 1 is 1.31 bits per heavy atom. The third-order valence-electron chi connectivity index (χ3n) is 2.52. The maximum Gasteiger partial charge on any atom is 0.0372 e. The fourth-order valence-corrected chi connectivity index (χ4v) is 1.66. The highest BCUT2D eigenvalue weighted by atomic mass is 15.0. The first-order valence-corrected chi connectivity index (χ1v) is 5.91. The zero-order valence-electron chi connectivity index (χ0n) is 10.8. The largest absolute Gasteiger partial charge is 0.311 e. The van der Waals surface area contributed by atoms with Gasteiger partial charge in [-0.05, 0) is 38.9 Å². The average molecular weight is 221 g/mol. The first kappa shape index (κ1) is 13.1. The molecule has 0 saturated heterocycles. The lowest BCUT2D eigenvalue weighted by molar-refractivity contribution is 0.373. The Kier molecular flexibility index (Phi) is 4.90. The number of aryl methyl sites for hydroxylation is 1. The van der Waals surface area contributed by atoms with E-state index in [4.69, 9.17) is 0 Å². The molecule has 1 aromatic rings. The Balaban J connectivity index is 2.32. The number of nitrogens with zero attached hydrogens (tertiary/aromatic N) is 1. The van der Waals surface area contributed by atoms with Crippen LogP contribution in [0.5, 0.6) is 0 Å². The highest BCUT2D eigenvalue weighted by Gasteiger charge is 2.14. The van der Waals surface area contributed by atoms with Crippen LogP contribution in [0.25, 0.3) is 0 Å². The molecule has 0 aliphatic heterocycles. The number of hydrogen-bond donors (Lipinski definition) is 2. The van der Waals surface area contributed by atoms with Crippen molar-refractivity contribution < 1.29 is 0 Å². The SMILES string of the molecule is CCNC(C)(C)CNCc1ccc(C)nc1. The molecule has 0 fully saturated rings. The molecule has 0 saturated carbocycles. The van der Waals surface area contributed by atoms with Crippen LogP contribution in [0, 0.1) is 6.92 Å². The van der Waals surface area contributed by atoms with Gasteiger partial charge in [0, 0.05) is 30.5 Å². The topological polar surface area (TPSA) is 37.0 Å². The first-order valence-electron chi connectivity index (χ1n) is 5.91. The average Bonchev–Trinajstić information content (AvgIpc) is 2.20. The van der Waals surface area contributed by atoms with E-state index in [-0.39, 0.29) is 5.54 Å². The van der Waals surface area contributed by atoms with Gasteiger partial charge in [0.05, 0.1) is 0 Å². The monoisotopic (exact) mass is 221 g/mol. The molecule has 0 unspecified atom stereocenters. The first-order chi connectivity index (χ1) is 7.53. The van der Waals surface area contributed by atoms with E-state index in [1.807, 2.05) is 19.2 Å². The molecule has 1 heterocycles. The Labute approximate surface area is 98.7 Å². The van der Waals surface area contributed by atoms with Gasteiger partial charge < -0.3 is 10.6 Å². The number of likely N-dealkylation sites (N-methyl/N-ethyl adjacent to an activating group) is 1. The van der Waals surface area contributed by atoms with E-state index >= 15 is 0 Å². The molecular weight excluding hydrogens is 198 g/mol. The minimum Gasteiger partial charge on any atom is -0.311 e. The molecule has 0 atom stereocenters. The molecule has 0 aliphatic rings. The summed E-state index contributed by atoms with van der Waals surface area (Å²) in [5, 5.41) is 6.88. The summed E-state index contributed by atoms with van der Waals surface area (Å²) in [6.45, 7) is 11.4. The fourth-order valence-electron chi connectivity index (χ4n) is 1.66. The molecule has 3 nitrogen and oxygen atoms in total. The van der Waals surface area contributed by atoms with Crippen molar-refractivity contribution in [3.05, 3.63) is 29.6 Å². The molecule has 16 heavy (non-hydrogen) atoms. The van der Waals surface area contributed by atoms with Crippen molar-refractivity contribution in [1.29, 1.82) is 0 Å². The summed E-state index contributed by atoms with van der Waals surface area (Å²) in [5.74, 6) is 0. The Hall–Kier alpha value is -0.930. The molecule has 90 valence electrons. The summed E-state index contributed by atoms with van der Waals surface area (Å²) >= 11 is 0. The van der Waals surface area contributed by atoms with E-state index in [9.17, 15) is 0 Å². The Bertz CT molecular complexity index is 303. The molecule has 0 aromatic carbocycles. The van der Waals surface area contributed by atoms with Gasteiger partial charge in [0.2, 0.25) is 0 Å². The van der Waals surface area contributed by atoms with Crippen molar-refractivity contribution in [2.45, 2.75) is 39.8 Å². The minimum absolute atomic E-state index is 0.146. The van der Waals surface area contributed by atoms with Gasteiger partial charge in [-0.3, -0.25) is 4.98 Å². The second kappa shape index (κ2) is 5.97. The Morgan fingerprint density at radius 3 is 2.62 bits per heavy atom. The van der Waals surface area contributed by atoms with E-state index < -0.39 is 0 Å².